The van der Waals surface area contributed by atoms with Crippen molar-refractivity contribution in [1.29, 1.82) is 0 Å². The smallest absolute Gasteiger partial charge is 0.330 e. The summed E-state index contributed by atoms with van der Waals surface area (Å²) in [4.78, 5) is 25.1. The maximum absolute atomic E-state index is 11.7. The Balaban J connectivity index is 2.68. The van der Waals surface area contributed by atoms with E-state index in [1.165, 1.54) is 7.11 Å². The van der Waals surface area contributed by atoms with Crippen molar-refractivity contribution in [3.8, 4) is 0 Å². The van der Waals surface area contributed by atoms with Gasteiger partial charge in [-0.05, 0) is 13.0 Å². The molecule has 2 atom stereocenters. The molecule has 15 heavy (non-hydrogen) atoms. The van der Waals surface area contributed by atoms with E-state index in [0.717, 1.165) is 19.4 Å². The summed E-state index contributed by atoms with van der Waals surface area (Å²) in [6, 6.07) is -0.656. The van der Waals surface area contributed by atoms with Gasteiger partial charge in [-0.25, -0.2) is 4.79 Å². The first-order valence-electron chi connectivity index (χ1n) is 5.47. The summed E-state index contributed by atoms with van der Waals surface area (Å²) in [5.41, 5.74) is 0. The molecule has 0 aliphatic carbocycles. The number of methoxy groups -OCH3 is 1. The number of nitrogens with zero attached hydrogens (tertiary/aromatic N) is 1. The van der Waals surface area contributed by atoms with Crippen LogP contribution in [-0.4, -0.2) is 42.9 Å². The molecule has 0 spiro atoms. The van der Waals surface area contributed by atoms with Gasteiger partial charge < -0.3 is 4.74 Å². The molecule has 0 aromatic rings. The maximum Gasteiger partial charge on any atom is 0.330 e. The molecule has 4 heteroatoms. The Morgan fingerprint density at radius 3 is 2.80 bits per heavy atom. The molecule has 0 bridgehead atoms. The van der Waals surface area contributed by atoms with Crippen molar-refractivity contribution in [1.82, 2.24) is 4.90 Å². The van der Waals surface area contributed by atoms with Crippen molar-refractivity contribution in [2.45, 2.75) is 32.7 Å². The molecule has 1 rings (SSSR count). The average molecular weight is 213 g/mol. The Morgan fingerprint density at radius 1 is 1.60 bits per heavy atom. The van der Waals surface area contributed by atoms with Crippen LogP contribution < -0.4 is 0 Å². The molecule has 0 saturated carbocycles. The summed E-state index contributed by atoms with van der Waals surface area (Å²) < 4.78 is 4.66. The fourth-order valence-corrected chi connectivity index (χ4v) is 1.96. The molecule has 86 valence electrons. The topological polar surface area (TPSA) is 46.6 Å². The number of rotatable bonds is 4. The second-order valence-corrected chi connectivity index (χ2v) is 4.08. The number of Topliss-reactive ketones (excluding diaryl/α,β-unsaturated/α-hetero) is 1. The summed E-state index contributed by atoms with van der Waals surface area (Å²) in [6.45, 7) is 5.43. The second-order valence-electron chi connectivity index (χ2n) is 4.08. The lowest BCUT2D eigenvalue weighted by atomic mass is 10.1. The minimum Gasteiger partial charge on any atom is -0.468 e. The first-order chi connectivity index (χ1) is 7.11. The van der Waals surface area contributed by atoms with Gasteiger partial charge in [0.1, 0.15) is 0 Å². The van der Waals surface area contributed by atoms with Gasteiger partial charge in [-0.2, -0.15) is 0 Å². The van der Waals surface area contributed by atoms with Gasteiger partial charge in [-0.15, -0.1) is 0 Å². The van der Waals surface area contributed by atoms with Crippen LogP contribution in [0, 0.1) is 5.92 Å². The predicted octanol–water partition coefficient (Wildman–Crippen LogP) is 0.849. The average Bonchev–Trinajstić information content (AvgIpc) is 2.51. The molecule has 4 nitrogen and oxygen atoms in total. The summed E-state index contributed by atoms with van der Waals surface area (Å²) in [6.07, 6.45) is 2.07. The largest absolute Gasteiger partial charge is 0.468 e. The summed E-state index contributed by atoms with van der Waals surface area (Å²) in [7, 11) is 1.33. The Kier molecular flexibility index (Phi) is 4.27. The molecular formula is C11H19NO3. The van der Waals surface area contributed by atoms with E-state index >= 15 is 0 Å². The summed E-state index contributed by atoms with van der Waals surface area (Å²) >= 11 is 0. The van der Waals surface area contributed by atoms with Crippen LogP contribution in [0.15, 0.2) is 0 Å². The quantitative estimate of drug-likeness (QED) is 0.513. The molecule has 0 radical (unpaired) electrons. The first-order valence-corrected chi connectivity index (χ1v) is 5.47. The fraction of sp³-hybridized carbons (Fsp3) is 0.818. The van der Waals surface area contributed by atoms with Crippen molar-refractivity contribution in [2.75, 3.05) is 20.2 Å². The fourth-order valence-electron chi connectivity index (χ4n) is 1.96. The van der Waals surface area contributed by atoms with Gasteiger partial charge in [0.15, 0.2) is 11.8 Å². The number of ketones is 1. The number of unbranched alkanes of at least 4 members (excludes halogenated alkanes) is 1. The van der Waals surface area contributed by atoms with E-state index in [9.17, 15) is 9.59 Å². The Morgan fingerprint density at radius 2 is 2.27 bits per heavy atom. The van der Waals surface area contributed by atoms with Crippen molar-refractivity contribution >= 4 is 11.8 Å². The van der Waals surface area contributed by atoms with Crippen molar-refractivity contribution < 1.29 is 14.3 Å². The molecule has 2 unspecified atom stereocenters. The van der Waals surface area contributed by atoms with Crippen molar-refractivity contribution in [3.05, 3.63) is 0 Å². The normalized spacial score (nSPS) is 27.0. The van der Waals surface area contributed by atoms with Gasteiger partial charge in [-0.1, -0.05) is 20.3 Å². The molecule has 0 N–H and O–H groups in total. The van der Waals surface area contributed by atoms with Crippen LogP contribution in [-0.2, 0) is 14.3 Å². The number of carbonyl (C=O) groups is 2. The highest BCUT2D eigenvalue weighted by Crippen LogP contribution is 2.20. The summed E-state index contributed by atoms with van der Waals surface area (Å²) in [5, 5.41) is 0. The Bertz CT molecular complexity index is 252. The van der Waals surface area contributed by atoms with Gasteiger partial charge in [0, 0.05) is 12.5 Å². The lowest BCUT2D eigenvalue weighted by molar-refractivity contribution is -0.148. The molecule has 1 saturated heterocycles. The number of ether oxygens (including phenoxy) is 1. The lowest BCUT2D eigenvalue weighted by Gasteiger charge is -2.20. The van der Waals surface area contributed by atoms with E-state index in [2.05, 4.69) is 11.7 Å². The number of esters is 1. The minimum absolute atomic E-state index is 0.00190. The van der Waals surface area contributed by atoms with Gasteiger partial charge >= 0.3 is 5.97 Å². The van der Waals surface area contributed by atoms with Crippen LogP contribution in [0.3, 0.4) is 0 Å². The molecule has 1 fully saturated rings. The molecule has 0 amide bonds. The van der Waals surface area contributed by atoms with E-state index < -0.39 is 12.0 Å². The van der Waals surface area contributed by atoms with Gasteiger partial charge in [0.25, 0.3) is 0 Å². The third-order valence-corrected chi connectivity index (χ3v) is 2.85. The molecule has 0 aromatic heterocycles. The molecule has 1 heterocycles. The highest BCUT2D eigenvalue weighted by Gasteiger charge is 2.42. The maximum atomic E-state index is 11.7. The van der Waals surface area contributed by atoms with Crippen LogP contribution >= 0.6 is 0 Å². The molecule has 1 aliphatic heterocycles. The van der Waals surface area contributed by atoms with E-state index in [-0.39, 0.29) is 11.7 Å². The third kappa shape index (κ3) is 2.56. The molecule has 1 aliphatic rings. The molecular weight excluding hydrogens is 194 g/mol. The Hall–Kier alpha value is -0.900. The van der Waals surface area contributed by atoms with Crippen molar-refractivity contribution in [2.24, 2.45) is 5.92 Å². The van der Waals surface area contributed by atoms with Crippen LogP contribution in [0.5, 0.6) is 0 Å². The number of hydrogen-bond acceptors (Lipinski definition) is 4. The first kappa shape index (κ1) is 12.2. The minimum atomic E-state index is -0.656. The van der Waals surface area contributed by atoms with Crippen LogP contribution in [0.1, 0.15) is 26.7 Å². The zero-order valence-corrected chi connectivity index (χ0v) is 9.66. The van der Waals surface area contributed by atoms with Crippen LogP contribution in [0.25, 0.3) is 0 Å². The number of likely N-dealkylation sites (tertiary alicyclic amines) is 1. The third-order valence-electron chi connectivity index (χ3n) is 2.85. The second kappa shape index (κ2) is 5.26. The van der Waals surface area contributed by atoms with Crippen LogP contribution in [0.4, 0.5) is 0 Å². The highest BCUT2D eigenvalue weighted by atomic mass is 16.5. The van der Waals surface area contributed by atoms with Crippen LogP contribution in [0.2, 0.25) is 0 Å². The highest BCUT2D eigenvalue weighted by molar-refractivity contribution is 6.05. The predicted molar refractivity (Wildman–Crippen MR) is 56.5 cm³/mol. The number of hydrogen-bond donors (Lipinski definition) is 0. The van der Waals surface area contributed by atoms with E-state index in [4.69, 9.17) is 0 Å². The van der Waals surface area contributed by atoms with Crippen molar-refractivity contribution in [3.63, 3.8) is 0 Å². The van der Waals surface area contributed by atoms with E-state index in [1.54, 1.807) is 0 Å². The summed E-state index contributed by atoms with van der Waals surface area (Å²) in [5.74, 6) is -0.468. The standard InChI is InChI=1S/C11H19NO3/c1-4-5-6-12-7-8(2)10(13)9(12)11(14)15-3/h8-9H,4-7H2,1-3H3. The lowest BCUT2D eigenvalue weighted by Crippen LogP contribution is -2.41. The van der Waals surface area contributed by atoms with Gasteiger partial charge in [-0.3, -0.25) is 9.69 Å². The van der Waals surface area contributed by atoms with E-state index in [1.807, 2.05) is 11.8 Å². The SMILES string of the molecule is CCCCN1CC(C)C(=O)C1C(=O)OC. The Labute approximate surface area is 90.6 Å². The number of carbonyl (C=O) groups excluding carboxylic acids is 2. The van der Waals surface area contributed by atoms with Gasteiger partial charge in [0.05, 0.1) is 7.11 Å². The van der Waals surface area contributed by atoms with Gasteiger partial charge in [0.2, 0.25) is 0 Å². The molecule has 0 aromatic carbocycles. The zero-order valence-electron chi connectivity index (χ0n) is 9.66. The van der Waals surface area contributed by atoms with E-state index in [0.29, 0.717) is 6.54 Å². The monoisotopic (exact) mass is 213 g/mol. The zero-order chi connectivity index (χ0) is 11.4.